The van der Waals surface area contributed by atoms with Crippen LogP contribution in [-0.4, -0.2) is 10.9 Å². The van der Waals surface area contributed by atoms with Crippen molar-refractivity contribution in [2.24, 2.45) is 0 Å². The third-order valence-electron chi connectivity index (χ3n) is 5.08. The van der Waals surface area contributed by atoms with Crippen molar-refractivity contribution in [2.75, 3.05) is 0 Å². The van der Waals surface area contributed by atoms with Gasteiger partial charge in [0.2, 0.25) is 0 Å². The van der Waals surface area contributed by atoms with Gasteiger partial charge in [0.1, 0.15) is 5.69 Å². The summed E-state index contributed by atoms with van der Waals surface area (Å²) in [4.78, 5) is 27.6. The molecule has 4 rings (SSSR count). The Morgan fingerprint density at radius 3 is 2.68 bits per heavy atom. The maximum Gasteiger partial charge on any atom is 0.268 e. The number of aromatic nitrogens is 1. The molecular formula is C21H20N2O2. The van der Waals surface area contributed by atoms with Crippen LogP contribution in [0.3, 0.4) is 0 Å². The minimum atomic E-state index is -0.250. The smallest absolute Gasteiger partial charge is 0.268 e. The maximum atomic E-state index is 12.7. The molecule has 0 fully saturated rings. The zero-order chi connectivity index (χ0) is 17.6. The van der Waals surface area contributed by atoms with E-state index in [1.165, 1.54) is 5.56 Å². The number of amides is 1. The Morgan fingerprint density at radius 1 is 1.12 bits per heavy atom. The van der Waals surface area contributed by atoms with Crippen LogP contribution < -0.4 is 10.9 Å². The molecule has 3 aromatic rings. The molecule has 1 heterocycles. The number of hydrogen-bond acceptors (Lipinski definition) is 2. The van der Waals surface area contributed by atoms with Crippen molar-refractivity contribution in [2.45, 2.75) is 31.7 Å². The first-order valence-electron chi connectivity index (χ1n) is 8.48. The number of nitrogens with one attached hydrogen (secondary N) is 2. The van der Waals surface area contributed by atoms with E-state index in [0.717, 1.165) is 17.4 Å². The number of fused-ring (bicyclic) bond motifs is 2. The fourth-order valence-electron chi connectivity index (χ4n) is 3.85. The lowest BCUT2D eigenvalue weighted by Gasteiger charge is -2.19. The molecule has 1 amide bonds. The van der Waals surface area contributed by atoms with E-state index in [4.69, 9.17) is 0 Å². The molecule has 0 bridgehead atoms. The van der Waals surface area contributed by atoms with Gasteiger partial charge in [-0.3, -0.25) is 9.59 Å². The highest BCUT2D eigenvalue weighted by Gasteiger charge is 2.37. The highest BCUT2D eigenvalue weighted by Crippen LogP contribution is 2.44. The van der Waals surface area contributed by atoms with Gasteiger partial charge in [0.25, 0.3) is 11.5 Å². The third-order valence-corrected chi connectivity index (χ3v) is 5.08. The van der Waals surface area contributed by atoms with Crippen LogP contribution in [0.4, 0.5) is 0 Å². The van der Waals surface area contributed by atoms with Gasteiger partial charge in [-0.1, -0.05) is 56.3 Å². The zero-order valence-electron chi connectivity index (χ0n) is 14.3. The van der Waals surface area contributed by atoms with Crippen molar-refractivity contribution in [3.05, 3.63) is 81.8 Å². The van der Waals surface area contributed by atoms with Gasteiger partial charge in [0.05, 0.1) is 6.04 Å². The number of aromatic amines is 1. The first-order chi connectivity index (χ1) is 12.0. The summed E-state index contributed by atoms with van der Waals surface area (Å²) in [7, 11) is 0. The van der Waals surface area contributed by atoms with Crippen LogP contribution >= 0.6 is 0 Å². The van der Waals surface area contributed by atoms with Crippen LogP contribution in [0.25, 0.3) is 10.8 Å². The zero-order valence-corrected chi connectivity index (χ0v) is 14.3. The second-order valence-corrected chi connectivity index (χ2v) is 7.30. The summed E-state index contributed by atoms with van der Waals surface area (Å²) in [5.41, 5.74) is 2.50. The van der Waals surface area contributed by atoms with E-state index in [2.05, 4.69) is 36.3 Å². The van der Waals surface area contributed by atoms with Crippen LogP contribution in [0.2, 0.25) is 0 Å². The Bertz CT molecular complexity index is 1030. The van der Waals surface area contributed by atoms with Gasteiger partial charge < -0.3 is 10.3 Å². The first kappa shape index (κ1) is 15.6. The van der Waals surface area contributed by atoms with Gasteiger partial charge in [-0.15, -0.1) is 0 Å². The van der Waals surface area contributed by atoms with E-state index >= 15 is 0 Å². The van der Waals surface area contributed by atoms with E-state index in [1.807, 2.05) is 30.3 Å². The number of rotatable bonds is 2. The molecule has 1 aliphatic carbocycles. The van der Waals surface area contributed by atoms with Crippen LogP contribution in [-0.2, 0) is 5.41 Å². The Morgan fingerprint density at radius 2 is 1.84 bits per heavy atom. The van der Waals surface area contributed by atoms with Crippen molar-refractivity contribution >= 4 is 16.7 Å². The molecule has 1 atom stereocenters. The second-order valence-electron chi connectivity index (χ2n) is 7.30. The highest BCUT2D eigenvalue weighted by molar-refractivity contribution is 5.96. The van der Waals surface area contributed by atoms with Crippen molar-refractivity contribution in [3.63, 3.8) is 0 Å². The van der Waals surface area contributed by atoms with E-state index in [9.17, 15) is 9.59 Å². The number of carbonyl (C=O) groups is 1. The third kappa shape index (κ3) is 2.64. The van der Waals surface area contributed by atoms with Crippen LogP contribution in [0.5, 0.6) is 0 Å². The molecule has 4 heteroatoms. The first-order valence-corrected chi connectivity index (χ1v) is 8.48. The number of carbonyl (C=O) groups excluding carboxylic acids is 1. The maximum absolute atomic E-state index is 12.7. The molecular weight excluding hydrogens is 312 g/mol. The molecule has 25 heavy (non-hydrogen) atoms. The van der Waals surface area contributed by atoms with Gasteiger partial charge in [-0.05, 0) is 40.5 Å². The Balaban J connectivity index is 1.67. The topological polar surface area (TPSA) is 62.0 Å². The fourth-order valence-corrected chi connectivity index (χ4v) is 3.85. The Hall–Kier alpha value is -2.88. The van der Waals surface area contributed by atoms with Crippen molar-refractivity contribution < 1.29 is 4.79 Å². The lowest BCUT2D eigenvalue weighted by Crippen LogP contribution is -2.30. The normalized spacial score (nSPS) is 18.1. The van der Waals surface area contributed by atoms with Gasteiger partial charge in [0.15, 0.2) is 0 Å². The SMILES string of the molecule is CC1(C)C[C@H](NC(=O)c2cc3ccccc3c(=O)[nH]2)c2ccccc21. The molecule has 126 valence electrons. The summed E-state index contributed by atoms with van der Waals surface area (Å²) in [6.45, 7) is 4.38. The number of benzene rings is 2. The molecule has 1 aliphatic rings. The quantitative estimate of drug-likeness (QED) is 0.752. The molecule has 0 unspecified atom stereocenters. The molecule has 0 saturated heterocycles. The lowest BCUT2D eigenvalue weighted by molar-refractivity contribution is 0.0929. The minimum Gasteiger partial charge on any atom is -0.344 e. The van der Waals surface area contributed by atoms with Gasteiger partial charge in [-0.25, -0.2) is 0 Å². The van der Waals surface area contributed by atoms with E-state index in [1.54, 1.807) is 12.1 Å². The lowest BCUT2D eigenvalue weighted by atomic mass is 9.86. The van der Waals surface area contributed by atoms with Crippen LogP contribution in [0, 0.1) is 0 Å². The van der Waals surface area contributed by atoms with Crippen molar-refractivity contribution in [3.8, 4) is 0 Å². The summed E-state index contributed by atoms with van der Waals surface area (Å²) < 4.78 is 0. The largest absolute Gasteiger partial charge is 0.344 e. The monoisotopic (exact) mass is 332 g/mol. The van der Waals surface area contributed by atoms with E-state index in [0.29, 0.717) is 11.1 Å². The summed E-state index contributed by atoms with van der Waals surface area (Å²) in [6, 6.07) is 17.2. The molecule has 0 saturated carbocycles. The fraction of sp³-hybridized carbons (Fsp3) is 0.238. The summed E-state index contributed by atoms with van der Waals surface area (Å²) in [6.07, 6.45) is 0.843. The second kappa shape index (κ2) is 5.59. The van der Waals surface area contributed by atoms with Gasteiger partial charge >= 0.3 is 0 Å². The van der Waals surface area contributed by atoms with E-state index in [-0.39, 0.29) is 22.9 Å². The molecule has 2 aromatic carbocycles. The summed E-state index contributed by atoms with van der Waals surface area (Å²) in [5, 5.41) is 4.45. The van der Waals surface area contributed by atoms with E-state index < -0.39 is 0 Å². The molecule has 0 spiro atoms. The number of H-pyrrole nitrogens is 1. The molecule has 1 aromatic heterocycles. The molecule has 2 N–H and O–H groups in total. The molecule has 0 radical (unpaired) electrons. The molecule has 0 aliphatic heterocycles. The molecule has 4 nitrogen and oxygen atoms in total. The standard InChI is InChI=1S/C21H20N2O2/c1-21(2)12-18(15-9-5-6-10-16(15)21)23-20(25)17-11-13-7-3-4-8-14(13)19(24)22-17/h3-11,18H,12H2,1-2H3,(H,22,24)(H,23,25)/t18-/m0/s1. The van der Waals surface area contributed by atoms with Gasteiger partial charge in [-0.2, -0.15) is 0 Å². The number of pyridine rings is 1. The van der Waals surface area contributed by atoms with Crippen LogP contribution in [0.15, 0.2) is 59.4 Å². The van der Waals surface area contributed by atoms with Crippen LogP contribution in [0.1, 0.15) is 47.9 Å². The highest BCUT2D eigenvalue weighted by atomic mass is 16.2. The minimum absolute atomic E-state index is 0.0192. The predicted molar refractivity (Wildman–Crippen MR) is 98.9 cm³/mol. The van der Waals surface area contributed by atoms with Crippen molar-refractivity contribution in [1.29, 1.82) is 0 Å². The average molecular weight is 332 g/mol. The van der Waals surface area contributed by atoms with Gasteiger partial charge in [0, 0.05) is 5.39 Å². The summed E-state index contributed by atoms with van der Waals surface area (Å²) in [5.74, 6) is -0.250. The Kier molecular flexibility index (Phi) is 3.49. The van der Waals surface area contributed by atoms with Crippen molar-refractivity contribution in [1.82, 2.24) is 10.3 Å². The number of hydrogen-bond donors (Lipinski definition) is 2. The average Bonchev–Trinajstić information content (AvgIpc) is 2.86. The predicted octanol–water partition coefficient (Wildman–Crippen LogP) is 3.68. The summed E-state index contributed by atoms with van der Waals surface area (Å²) >= 11 is 0. The Labute approximate surface area is 145 Å².